The zero-order valence-electron chi connectivity index (χ0n) is 13.2. The molecule has 0 aliphatic carbocycles. The van der Waals surface area contributed by atoms with Crippen molar-refractivity contribution in [2.45, 2.75) is 26.7 Å². The van der Waals surface area contributed by atoms with Gasteiger partial charge in [0.1, 0.15) is 5.75 Å². The van der Waals surface area contributed by atoms with Crippen LogP contribution in [0.2, 0.25) is 0 Å². The zero-order valence-corrected chi connectivity index (χ0v) is 14.0. The Morgan fingerprint density at radius 2 is 1.73 bits per heavy atom. The highest BCUT2D eigenvalue weighted by molar-refractivity contribution is 5.95. The van der Waals surface area contributed by atoms with Gasteiger partial charge in [-0.15, -0.1) is 12.4 Å². The maximum absolute atomic E-state index is 11.6. The number of ketones is 1. The number of hydrogen-bond donors (Lipinski definition) is 2. The van der Waals surface area contributed by atoms with Crippen LogP contribution < -0.4 is 15.4 Å². The van der Waals surface area contributed by atoms with E-state index < -0.39 is 0 Å². The predicted molar refractivity (Wildman–Crippen MR) is 90.0 cm³/mol. The van der Waals surface area contributed by atoms with Gasteiger partial charge in [-0.3, -0.25) is 9.59 Å². The molecule has 124 valence electrons. The van der Waals surface area contributed by atoms with E-state index in [0.717, 1.165) is 19.5 Å². The van der Waals surface area contributed by atoms with Crippen molar-refractivity contribution in [1.29, 1.82) is 0 Å². The van der Waals surface area contributed by atoms with E-state index in [4.69, 9.17) is 4.74 Å². The van der Waals surface area contributed by atoms with Crippen LogP contribution in [0.1, 0.15) is 37.0 Å². The summed E-state index contributed by atoms with van der Waals surface area (Å²) in [4.78, 5) is 23.0. The van der Waals surface area contributed by atoms with Gasteiger partial charge in [-0.25, -0.2) is 0 Å². The molecule has 0 saturated heterocycles. The van der Waals surface area contributed by atoms with Gasteiger partial charge in [0, 0.05) is 25.1 Å². The number of Topliss-reactive ketones (excluding diaryl/α,β-unsaturated/α-hetero) is 1. The minimum atomic E-state index is -0.151. The normalized spacial score (nSPS) is 9.73. The minimum Gasteiger partial charge on any atom is -0.484 e. The minimum absolute atomic E-state index is 0. The average molecular weight is 329 g/mol. The molecule has 22 heavy (non-hydrogen) atoms. The van der Waals surface area contributed by atoms with E-state index in [1.165, 1.54) is 0 Å². The molecule has 0 unspecified atom stereocenters. The summed E-state index contributed by atoms with van der Waals surface area (Å²) in [6.07, 6.45) is 1.56. The van der Waals surface area contributed by atoms with Crippen molar-refractivity contribution >= 4 is 24.1 Å². The Bertz CT molecular complexity index is 449. The molecule has 1 aromatic carbocycles. The van der Waals surface area contributed by atoms with Crippen molar-refractivity contribution in [3.05, 3.63) is 29.8 Å². The van der Waals surface area contributed by atoms with Crippen molar-refractivity contribution in [1.82, 2.24) is 10.6 Å². The van der Waals surface area contributed by atoms with Crippen molar-refractivity contribution in [3.8, 4) is 5.75 Å². The fraction of sp³-hybridized carbons (Fsp3) is 0.500. The molecule has 0 bridgehead atoms. The van der Waals surface area contributed by atoms with Crippen molar-refractivity contribution in [2.24, 2.45) is 0 Å². The number of rotatable bonds is 10. The number of carbonyl (C=O) groups is 2. The van der Waals surface area contributed by atoms with Crippen LogP contribution in [0.5, 0.6) is 5.75 Å². The summed E-state index contributed by atoms with van der Waals surface area (Å²) in [6.45, 7) is 6.20. The molecule has 0 spiro atoms. The summed E-state index contributed by atoms with van der Waals surface area (Å²) in [7, 11) is 0. The van der Waals surface area contributed by atoms with E-state index in [1.807, 2.05) is 6.92 Å². The summed E-state index contributed by atoms with van der Waals surface area (Å²) in [5, 5.41) is 5.97. The van der Waals surface area contributed by atoms with Gasteiger partial charge in [0.05, 0.1) is 0 Å². The first-order chi connectivity index (χ1) is 10.2. The van der Waals surface area contributed by atoms with Gasteiger partial charge in [0.15, 0.2) is 12.4 Å². The van der Waals surface area contributed by atoms with Crippen LogP contribution >= 0.6 is 12.4 Å². The second-order valence-electron chi connectivity index (χ2n) is 4.69. The molecule has 0 aromatic heterocycles. The summed E-state index contributed by atoms with van der Waals surface area (Å²) in [6, 6.07) is 6.85. The Labute approximate surface area is 138 Å². The summed E-state index contributed by atoms with van der Waals surface area (Å²) >= 11 is 0. The van der Waals surface area contributed by atoms with Crippen LogP contribution in [0.25, 0.3) is 0 Å². The lowest BCUT2D eigenvalue weighted by molar-refractivity contribution is -0.123. The summed E-state index contributed by atoms with van der Waals surface area (Å²) < 4.78 is 5.37. The maximum Gasteiger partial charge on any atom is 0.257 e. The molecule has 0 fully saturated rings. The van der Waals surface area contributed by atoms with E-state index in [2.05, 4.69) is 17.6 Å². The van der Waals surface area contributed by atoms with E-state index in [-0.39, 0.29) is 30.7 Å². The largest absolute Gasteiger partial charge is 0.484 e. The standard InChI is InChI=1S/C16H24N2O3.ClH/c1-3-9-17-10-11-18-16(20)12-21-14-7-5-13(6-8-14)15(19)4-2;/h5-8,17H,3-4,9-12H2,1-2H3,(H,18,20);1H. The molecule has 0 heterocycles. The molecule has 5 nitrogen and oxygen atoms in total. The fourth-order valence-corrected chi connectivity index (χ4v) is 1.73. The highest BCUT2D eigenvalue weighted by Crippen LogP contribution is 2.13. The second kappa shape index (κ2) is 12.0. The smallest absolute Gasteiger partial charge is 0.257 e. The van der Waals surface area contributed by atoms with E-state index in [9.17, 15) is 9.59 Å². The van der Waals surface area contributed by atoms with Gasteiger partial charge in [0.25, 0.3) is 5.91 Å². The Kier molecular flexibility index (Phi) is 11.1. The van der Waals surface area contributed by atoms with Crippen LogP contribution in [0, 0.1) is 0 Å². The van der Waals surface area contributed by atoms with Crippen molar-refractivity contribution in [2.75, 3.05) is 26.2 Å². The number of carbonyl (C=O) groups excluding carboxylic acids is 2. The lowest BCUT2D eigenvalue weighted by Gasteiger charge is -2.08. The third-order valence-corrected chi connectivity index (χ3v) is 2.92. The SMILES string of the molecule is CCCNCCNC(=O)COc1ccc(C(=O)CC)cc1.Cl. The number of nitrogens with one attached hydrogen (secondary N) is 2. The lowest BCUT2D eigenvalue weighted by atomic mass is 10.1. The van der Waals surface area contributed by atoms with Crippen molar-refractivity contribution < 1.29 is 14.3 Å². The molecular weight excluding hydrogens is 304 g/mol. The predicted octanol–water partition coefficient (Wildman–Crippen LogP) is 2.20. The molecule has 1 amide bonds. The van der Waals surface area contributed by atoms with Gasteiger partial charge in [-0.05, 0) is 37.2 Å². The third kappa shape index (κ3) is 8.00. The molecule has 0 aliphatic heterocycles. The van der Waals surface area contributed by atoms with Crippen LogP contribution in [0.15, 0.2) is 24.3 Å². The quantitative estimate of drug-likeness (QED) is 0.510. The first-order valence-electron chi connectivity index (χ1n) is 7.40. The topological polar surface area (TPSA) is 67.4 Å². The molecule has 0 aliphatic rings. The average Bonchev–Trinajstić information content (AvgIpc) is 2.52. The Hall–Kier alpha value is -1.59. The summed E-state index contributed by atoms with van der Waals surface area (Å²) in [5.41, 5.74) is 0.663. The number of ether oxygens (including phenoxy) is 1. The van der Waals surface area contributed by atoms with Gasteiger partial charge in [-0.2, -0.15) is 0 Å². The van der Waals surface area contributed by atoms with Gasteiger partial charge >= 0.3 is 0 Å². The first kappa shape index (κ1) is 20.4. The molecule has 1 aromatic rings. The molecule has 0 atom stereocenters. The molecule has 0 saturated carbocycles. The second-order valence-corrected chi connectivity index (χ2v) is 4.69. The van der Waals surface area contributed by atoms with Crippen LogP contribution in [-0.4, -0.2) is 37.9 Å². The molecular formula is C16H25ClN2O3. The first-order valence-corrected chi connectivity index (χ1v) is 7.40. The van der Waals surface area contributed by atoms with Gasteiger partial charge in [0.2, 0.25) is 0 Å². The Morgan fingerprint density at radius 1 is 1.05 bits per heavy atom. The van der Waals surface area contributed by atoms with Gasteiger partial charge in [-0.1, -0.05) is 13.8 Å². The summed E-state index contributed by atoms with van der Waals surface area (Å²) in [5.74, 6) is 0.530. The van der Waals surface area contributed by atoms with E-state index in [1.54, 1.807) is 24.3 Å². The van der Waals surface area contributed by atoms with E-state index in [0.29, 0.717) is 24.3 Å². The third-order valence-electron chi connectivity index (χ3n) is 2.92. The Balaban J connectivity index is 0.00000441. The highest BCUT2D eigenvalue weighted by atomic mass is 35.5. The lowest BCUT2D eigenvalue weighted by Crippen LogP contribution is -2.35. The highest BCUT2D eigenvalue weighted by Gasteiger charge is 2.04. The number of halogens is 1. The van der Waals surface area contributed by atoms with Crippen LogP contribution in [0.4, 0.5) is 0 Å². The fourth-order valence-electron chi connectivity index (χ4n) is 1.73. The van der Waals surface area contributed by atoms with Gasteiger partial charge < -0.3 is 15.4 Å². The monoisotopic (exact) mass is 328 g/mol. The number of hydrogen-bond acceptors (Lipinski definition) is 4. The van der Waals surface area contributed by atoms with Crippen molar-refractivity contribution in [3.63, 3.8) is 0 Å². The van der Waals surface area contributed by atoms with E-state index >= 15 is 0 Å². The molecule has 1 rings (SSSR count). The zero-order chi connectivity index (χ0) is 15.5. The molecule has 0 radical (unpaired) electrons. The van der Waals surface area contributed by atoms with Crippen LogP contribution in [-0.2, 0) is 4.79 Å². The number of amides is 1. The van der Waals surface area contributed by atoms with Crippen LogP contribution in [0.3, 0.4) is 0 Å². The Morgan fingerprint density at radius 3 is 2.32 bits per heavy atom. The maximum atomic E-state index is 11.6. The number of benzene rings is 1. The molecule has 6 heteroatoms. The molecule has 2 N–H and O–H groups in total.